The molecule has 15 heavy (non-hydrogen) atoms. The smallest absolute Gasteiger partial charge is 0.125 e. The third-order valence-electron chi connectivity index (χ3n) is 3.10. The zero-order valence-corrected chi connectivity index (χ0v) is 9.57. The summed E-state index contributed by atoms with van der Waals surface area (Å²) in [6.45, 7) is 2.89. The topological polar surface area (TPSA) is 12.0 Å². The SMILES string of the molecule is CC1(NCc2cc(F)cc(Cl)c2)CCC1. The molecule has 0 aromatic heterocycles. The second-order valence-corrected chi connectivity index (χ2v) is 4.98. The highest BCUT2D eigenvalue weighted by molar-refractivity contribution is 6.30. The number of nitrogens with one attached hydrogen (secondary N) is 1. The van der Waals surface area contributed by atoms with Crippen LogP contribution in [0.25, 0.3) is 0 Å². The van der Waals surface area contributed by atoms with E-state index in [9.17, 15) is 4.39 Å². The fourth-order valence-corrected chi connectivity index (χ4v) is 2.16. The van der Waals surface area contributed by atoms with Crippen LogP contribution in [-0.2, 0) is 6.54 Å². The van der Waals surface area contributed by atoms with Gasteiger partial charge in [0.15, 0.2) is 0 Å². The van der Waals surface area contributed by atoms with Gasteiger partial charge in [0.2, 0.25) is 0 Å². The second-order valence-electron chi connectivity index (χ2n) is 4.55. The first-order valence-electron chi connectivity index (χ1n) is 5.27. The number of rotatable bonds is 3. The Labute approximate surface area is 94.6 Å². The summed E-state index contributed by atoms with van der Waals surface area (Å²) in [7, 11) is 0. The lowest BCUT2D eigenvalue weighted by molar-refractivity contribution is 0.207. The van der Waals surface area contributed by atoms with Gasteiger partial charge in [0, 0.05) is 17.1 Å². The van der Waals surface area contributed by atoms with Crippen molar-refractivity contribution in [3.63, 3.8) is 0 Å². The maximum Gasteiger partial charge on any atom is 0.125 e. The normalized spacial score (nSPS) is 18.6. The van der Waals surface area contributed by atoms with Crippen LogP contribution in [0.15, 0.2) is 18.2 Å². The van der Waals surface area contributed by atoms with Gasteiger partial charge in [-0.3, -0.25) is 0 Å². The van der Waals surface area contributed by atoms with Gasteiger partial charge in [-0.15, -0.1) is 0 Å². The number of halogens is 2. The first kappa shape index (κ1) is 10.9. The molecule has 0 unspecified atom stereocenters. The summed E-state index contributed by atoms with van der Waals surface area (Å²) in [6, 6.07) is 4.66. The van der Waals surface area contributed by atoms with Crippen LogP contribution in [0.5, 0.6) is 0 Å². The molecule has 0 atom stereocenters. The predicted octanol–water partition coefficient (Wildman–Crippen LogP) is 3.51. The number of hydrogen-bond acceptors (Lipinski definition) is 1. The third-order valence-corrected chi connectivity index (χ3v) is 3.32. The summed E-state index contributed by atoms with van der Waals surface area (Å²) in [5.74, 6) is -0.266. The van der Waals surface area contributed by atoms with E-state index >= 15 is 0 Å². The summed E-state index contributed by atoms with van der Waals surface area (Å²) in [5.41, 5.74) is 1.16. The Balaban J connectivity index is 1.98. The van der Waals surface area contributed by atoms with E-state index in [4.69, 9.17) is 11.6 Å². The fraction of sp³-hybridized carbons (Fsp3) is 0.500. The van der Waals surface area contributed by atoms with E-state index in [0.717, 1.165) is 5.56 Å². The predicted molar refractivity (Wildman–Crippen MR) is 60.5 cm³/mol. The van der Waals surface area contributed by atoms with Crippen LogP contribution in [0.3, 0.4) is 0 Å². The summed E-state index contributed by atoms with van der Waals surface area (Å²) in [6.07, 6.45) is 3.69. The van der Waals surface area contributed by atoms with Gasteiger partial charge in [-0.1, -0.05) is 11.6 Å². The quantitative estimate of drug-likeness (QED) is 0.833. The summed E-state index contributed by atoms with van der Waals surface area (Å²) in [5, 5.41) is 3.90. The maximum atomic E-state index is 13.0. The summed E-state index contributed by atoms with van der Waals surface area (Å²) >= 11 is 5.78. The van der Waals surface area contributed by atoms with Gasteiger partial charge in [-0.2, -0.15) is 0 Å². The van der Waals surface area contributed by atoms with Crippen LogP contribution < -0.4 is 5.32 Å². The van der Waals surface area contributed by atoms with Crippen molar-refractivity contribution in [2.24, 2.45) is 0 Å². The zero-order valence-electron chi connectivity index (χ0n) is 8.82. The van der Waals surface area contributed by atoms with Gasteiger partial charge in [-0.05, 0) is 49.9 Å². The van der Waals surface area contributed by atoms with Crippen molar-refractivity contribution in [1.29, 1.82) is 0 Å². The molecule has 1 aliphatic carbocycles. The van der Waals surface area contributed by atoms with E-state index in [0.29, 0.717) is 11.6 Å². The van der Waals surface area contributed by atoms with Crippen molar-refractivity contribution < 1.29 is 4.39 Å². The monoisotopic (exact) mass is 227 g/mol. The minimum Gasteiger partial charge on any atom is -0.307 e. The molecule has 0 aliphatic heterocycles. The van der Waals surface area contributed by atoms with Crippen molar-refractivity contribution in [2.75, 3.05) is 0 Å². The minimum absolute atomic E-state index is 0.249. The van der Waals surface area contributed by atoms with E-state index in [2.05, 4.69) is 12.2 Å². The Hall–Kier alpha value is -0.600. The van der Waals surface area contributed by atoms with Crippen molar-refractivity contribution in [3.05, 3.63) is 34.6 Å². The van der Waals surface area contributed by atoms with Crippen molar-refractivity contribution in [1.82, 2.24) is 5.32 Å². The van der Waals surface area contributed by atoms with Gasteiger partial charge in [-0.25, -0.2) is 4.39 Å². The lowest BCUT2D eigenvalue weighted by atomic mass is 9.78. The zero-order chi connectivity index (χ0) is 10.9. The Kier molecular flexibility index (Phi) is 2.98. The molecule has 1 nitrogen and oxygen atoms in total. The standard InChI is InChI=1S/C12H15ClFN/c1-12(3-2-4-12)15-8-9-5-10(13)7-11(14)6-9/h5-7,15H,2-4,8H2,1H3. The summed E-state index contributed by atoms with van der Waals surface area (Å²) in [4.78, 5) is 0. The molecule has 2 rings (SSSR count). The van der Waals surface area contributed by atoms with E-state index in [1.54, 1.807) is 6.07 Å². The van der Waals surface area contributed by atoms with Crippen LogP contribution in [0.4, 0.5) is 4.39 Å². The van der Waals surface area contributed by atoms with Gasteiger partial charge in [0.25, 0.3) is 0 Å². The van der Waals surface area contributed by atoms with E-state index in [1.807, 2.05) is 0 Å². The first-order valence-corrected chi connectivity index (χ1v) is 5.65. The van der Waals surface area contributed by atoms with Gasteiger partial charge in [0.1, 0.15) is 5.82 Å². The molecule has 82 valence electrons. The highest BCUT2D eigenvalue weighted by Crippen LogP contribution is 2.31. The maximum absolute atomic E-state index is 13.0. The molecule has 1 aromatic carbocycles. The third kappa shape index (κ3) is 2.70. The molecule has 1 saturated carbocycles. The highest BCUT2D eigenvalue weighted by Gasteiger charge is 2.30. The molecule has 0 amide bonds. The van der Waals surface area contributed by atoms with E-state index in [-0.39, 0.29) is 11.4 Å². The Morgan fingerprint density at radius 1 is 1.40 bits per heavy atom. The summed E-state index contributed by atoms with van der Waals surface area (Å²) < 4.78 is 13.0. The number of benzene rings is 1. The number of hydrogen-bond donors (Lipinski definition) is 1. The van der Waals surface area contributed by atoms with Crippen molar-refractivity contribution in [3.8, 4) is 0 Å². The van der Waals surface area contributed by atoms with Crippen LogP contribution in [-0.4, -0.2) is 5.54 Å². The molecule has 0 bridgehead atoms. The fourth-order valence-electron chi connectivity index (χ4n) is 1.91. The van der Waals surface area contributed by atoms with E-state index < -0.39 is 0 Å². The molecular weight excluding hydrogens is 213 g/mol. The molecule has 1 aliphatic rings. The molecule has 3 heteroatoms. The van der Waals surface area contributed by atoms with E-state index in [1.165, 1.54) is 31.4 Å². The average Bonchev–Trinajstić information content (AvgIpc) is 2.10. The van der Waals surface area contributed by atoms with Gasteiger partial charge < -0.3 is 5.32 Å². The lowest BCUT2D eigenvalue weighted by Gasteiger charge is -2.39. The molecule has 0 radical (unpaired) electrons. The molecular formula is C12H15ClFN. The Bertz CT molecular complexity index is 340. The lowest BCUT2D eigenvalue weighted by Crippen LogP contribution is -2.47. The molecule has 0 heterocycles. The average molecular weight is 228 g/mol. The highest BCUT2D eigenvalue weighted by atomic mass is 35.5. The largest absolute Gasteiger partial charge is 0.307 e. The van der Waals surface area contributed by atoms with Crippen molar-refractivity contribution in [2.45, 2.75) is 38.3 Å². The van der Waals surface area contributed by atoms with Crippen LogP contribution in [0.1, 0.15) is 31.7 Å². The van der Waals surface area contributed by atoms with Gasteiger partial charge in [0.05, 0.1) is 0 Å². The molecule has 0 spiro atoms. The Morgan fingerprint density at radius 3 is 2.67 bits per heavy atom. The van der Waals surface area contributed by atoms with Crippen molar-refractivity contribution >= 4 is 11.6 Å². The molecule has 0 saturated heterocycles. The van der Waals surface area contributed by atoms with Crippen LogP contribution >= 0.6 is 11.6 Å². The van der Waals surface area contributed by atoms with Crippen LogP contribution in [0.2, 0.25) is 5.02 Å². The minimum atomic E-state index is -0.266. The Morgan fingerprint density at radius 2 is 2.13 bits per heavy atom. The molecule has 1 fully saturated rings. The second kappa shape index (κ2) is 4.11. The first-order chi connectivity index (χ1) is 7.07. The molecule has 1 N–H and O–H groups in total. The molecule has 1 aromatic rings. The van der Waals surface area contributed by atoms with Crippen LogP contribution in [0, 0.1) is 5.82 Å². The van der Waals surface area contributed by atoms with Gasteiger partial charge >= 0.3 is 0 Å².